The van der Waals surface area contributed by atoms with Crippen LogP contribution < -0.4 is 52.2 Å². The molecule has 0 N–H and O–H groups in total. The highest BCUT2D eigenvalue weighted by atomic mass is 16.5. The van der Waals surface area contributed by atoms with Crippen molar-refractivity contribution in [1.82, 2.24) is 0 Å². The molecule has 0 spiro atoms. The third kappa shape index (κ3) is 4.92. The lowest BCUT2D eigenvalue weighted by atomic mass is 9.30. The summed E-state index contributed by atoms with van der Waals surface area (Å²) in [4.78, 5) is 7.45. The summed E-state index contributed by atoms with van der Waals surface area (Å²) in [5.74, 6) is 1.83. The van der Waals surface area contributed by atoms with Crippen molar-refractivity contribution in [2.24, 2.45) is 0 Å². The number of benzene rings is 8. The SMILES string of the molecule is CC1(C)CCC(C)(C)c2cc(N3c4cc5c(cc4B4c6ccccc6N(c6ccccc6)c6cccc3c64)B3c4ccccc4N(c4ccccc4)c4cccc(c43)O5)ccc21. The van der Waals surface area contributed by atoms with E-state index in [4.69, 9.17) is 4.74 Å². The Bertz CT molecular complexity index is 3160. The first kappa shape index (κ1) is 35.8. The van der Waals surface area contributed by atoms with E-state index in [2.05, 4.69) is 218 Å². The third-order valence-corrected chi connectivity index (χ3v) is 14.7. The van der Waals surface area contributed by atoms with Gasteiger partial charge in [-0.1, -0.05) is 125 Å². The minimum Gasteiger partial charge on any atom is -0.458 e. The van der Waals surface area contributed by atoms with Gasteiger partial charge in [0.05, 0.1) is 0 Å². The quantitative estimate of drug-likeness (QED) is 0.166. The predicted molar refractivity (Wildman–Crippen MR) is 262 cm³/mol. The lowest BCUT2D eigenvalue weighted by Crippen LogP contribution is -2.64. The summed E-state index contributed by atoms with van der Waals surface area (Å²) in [5, 5.41) is 0. The molecule has 0 atom stereocenters. The number of ether oxygens (including phenoxy) is 1. The van der Waals surface area contributed by atoms with Gasteiger partial charge in [-0.3, -0.25) is 0 Å². The van der Waals surface area contributed by atoms with Crippen LogP contribution in [0.25, 0.3) is 0 Å². The maximum Gasteiger partial charge on any atom is 0.256 e. The second kappa shape index (κ2) is 12.8. The van der Waals surface area contributed by atoms with Crippen molar-refractivity contribution >= 4 is 97.4 Å². The fourth-order valence-electron chi connectivity index (χ4n) is 11.7. The van der Waals surface area contributed by atoms with Crippen molar-refractivity contribution in [2.75, 3.05) is 14.7 Å². The van der Waals surface area contributed by atoms with Gasteiger partial charge >= 0.3 is 0 Å². The molecule has 0 bridgehead atoms. The topological polar surface area (TPSA) is 19.0 Å². The van der Waals surface area contributed by atoms with E-state index in [-0.39, 0.29) is 24.3 Å². The van der Waals surface area contributed by atoms with Gasteiger partial charge < -0.3 is 19.4 Å². The average Bonchev–Trinajstić information content (AvgIpc) is 3.30. The van der Waals surface area contributed by atoms with E-state index in [1.807, 2.05) is 0 Å². The van der Waals surface area contributed by atoms with Gasteiger partial charge in [0.1, 0.15) is 11.5 Å². The molecule has 0 aromatic heterocycles. The van der Waals surface area contributed by atoms with Crippen molar-refractivity contribution in [3.8, 4) is 11.5 Å². The van der Waals surface area contributed by atoms with Crippen LogP contribution in [0.3, 0.4) is 0 Å². The van der Waals surface area contributed by atoms with Crippen LogP contribution in [0.4, 0.5) is 51.2 Å². The number of para-hydroxylation sites is 4. The Balaban J connectivity index is 1.09. The van der Waals surface area contributed by atoms with E-state index < -0.39 is 0 Å². The second-order valence-electron chi connectivity index (χ2n) is 19.1. The largest absolute Gasteiger partial charge is 0.458 e. The van der Waals surface area contributed by atoms with Crippen LogP contribution in [0.1, 0.15) is 51.7 Å². The van der Waals surface area contributed by atoms with Gasteiger partial charge in [-0.2, -0.15) is 0 Å². The minimum atomic E-state index is -0.0112. The third-order valence-electron chi connectivity index (χ3n) is 14.7. The van der Waals surface area contributed by atoms with E-state index in [9.17, 15) is 0 Å². The molecule has 4 nitrogen and oxygen atoms in total. The number of rotatable bonds is 3. The lowest BCUT2D eigenvalue weighted by Gasteiger charge is -2.46. The normalized spacial score (nSPS) is 16.5. The lowest BCUT2D eigenvalue weighted by molar-refractivity contribution is 0.332. The first-order chi connectivity index (χ1) is 30.3. The van der Waals surface area contributed by atoms with E-state index in [1.54, 1.807) is 0 Å². The highest BCUT2D eigenvalue weighted by molar-refractivity contribution is 7.02. The maximum absolute atomic E-state index is 7.20. The van der Waals surface area contributed by atoms with Crippen molar-refractivity contribution < 1.29 is 4.74 Å². The van der Waals surface area contributed by atoms with Crippen molar-refractivity contribution in [2.45, 2.75) is 51.4 Å². The molecule has 8 aromatic rings. The van der Waals surface area contributed by atoms with Crippen LogP contribution >= 0.6 is 0 Å². The molecule has 6 heteroatoms. The summed E-state index contributed by atoms with van der Waals surface area (Å²) in [6, 6.07) is 65.4. The fraction of sp³-hybridized carbons (Fsp3) is 0.143. The number of anilines is 9. The molecule has 4 aliphatic heterocycles. The van der Waals surface area contributed by atoms with Crippen molar-refractivity contribution in [3.05, 3.63) is 187 Å². The Kier molecular flexibility index (Phi) is 7.40. The van der Waals surface area contributed by atoms with E-state index in [1.165, 1.54) is 84.4 Å². The Morgan fingerprint density at radius 2 is 0.871 bits per heavy atom. The van der Waals surface area contributed by atoms with Gasteiger partial charge in [-0.25, -0.2) is 0 Å². The highest BCUT2D eigenvalue weighted by Crippen LogP contribution is 2.50. The van der Waals surface area contributed by atoms with E-state index in [0.717, 1.165) is 35.0 Å². The summed E-state index contributed by atoms with van der Waals surface area (Å²) >= 11 is 0. The van der Waals surface area contributed by atoms with Gasteiger partial charge in [0.15, 0.2) is 0 Å². The standard InChI is InChI=1S/C56H45B2N3O/c1-55(2)31-32-56(3,4)40-33-38(29-30-39(40)55)61-48-26-15-25-47-53(48)57(41-21-11-13-23-45(41)59(47)36-17-7-5-8-18-36)43-34-44-52(35-50(43)61)62-51-28-16-27-49-54(51)58(44)42-22-12-14-24-46(42)60(49)37-19-9-6-10-20-37/h5-30,33-35H,31-32H2,1-4H3. The molecule has 13 rings (SSSR count). The zero-order valence-corrected chi connectivity index (χ0v) is 35.6. The summed E-state index contributed by atoms with van der Waals surface area (Å²) < 4.78 is 7.20. The van der Waals surface area contributed by atoms with Gasteiger partial charge in [-0.05, 0) is 140 Å². The van der Waals surface area contributed by atoms with Crippen molar-refractivity contribution in [1.29, 1.82) is 0 Å². The predicted octanol–water partition coefficient (Wildman–Crippen LogP) is 10.5. The molecule has 1 aliphatic carbocycles. The Labute approximate surface area is 365 Å². The summed E-state index contributed by atoms with van der Waals surface area (Å²) in [6.07, 6.45) is 2.34. The fourth-order valence-corrected chi connectivity index (χ4v) is 11.7. The summed E-state index contributed by atoms with van der Waals surface area (Å²) in [7, 11) is 0. The van der Waals surface area contributed by atoms with Crippen LogP contribution in [0.2, 0.25) is 0 Å². The van der Waals surface area contributed by atoms with E-state index in [0.29, 0.717) is 0 Å². The smallest absolute Gasteiger partial charge is 0.256 e. The maximum atomic E-state index is 7.20. The number of hydrogen-bond acceptors (Lipinski definition) is 4. The van der Waals surface area contributed by atoms with Crippen LogP contribution in [-0.4, -0.2) is 13.4 Å². The number of hydrogen-bond donors (Lipinski definition) is 0. The molecule has 8 aromatic carbocycles. The molecule has 0 unspecified atom stereocenters. The molecule has 0 radical (unpaired) electrons. The van der Waals surface area contributed by atoms with Crippen LogP contribution in [-0.2, 0) is 10.8 Å². The zero-order chi connectivity index (χ0) is 41.5. The van der Waals surface area contributed by atoms with Gasteiger partial charge in [-0.15, -0.1) is 0 Å². The van der Waals surface area contributed by atoms with Gasteiger partial charge in [0.2, 0.25) is 0 Å². The number of nitrogens with zero attached hydrogens (tertiary/aromatic N) is 3. The number of fused-ring (bicyclic) bond motifs is 9. The molecule has 5 aliphatic rings. The molecular formula is C56H45B2N3O. The molecule has 0 fully saturated rings. The molecule has 0 amide bonds. The van der Waals surface area contributed by atoms with Crippen LogP contribution in [0.5, 0.6) is 11.5 Å². The van der Waals surface area contributed by atoms with Crippen LogP contribution in [0.15, 0.2) is 176 Å². The Hall–Kier alpha value is -6.91. The molecular weight excluding hydrogens is 752 g/mol. The monoisotopic (exact) mass is 797 g/mol. The average molecular weight is 798 g/mol. The Morgan fingerprint density at radius 3 is 1.50 bits per heavy atom. The molecule has 296 valence electrons. The summed E-state index contributed by atoms with van der Waals surface area (Å²) in [5.41, 5.74) is 21.4. The minimum absolute atomic E-state index is 0.00166. The van der Waals surface area contributed by atoms with Gasteiger partial charge in [0.25, 0.3) is 13.4 Å². The highest BCUT2D eigenvalue weighted by Gasteiger charge is 2.47. The second-order valence-corrected chi connectivity index (χ2v) is 19.1. The van der Waals surface area contributed by atoms with Gasteiger partial charge in [0, 0.05) is 57.3 Å². The first-order valence-electron chi connectivity index (χ1n) is 22.2. The molecule has 62 heavy (non-hydrogen) atoms. The Morgan fingerprint density at radius 1 is 0.371 bits per heavy atom. The van der Waals surface area contributed by atoms with Crippen LogP contribution in [0, 0.1) is 0 Å². The molecule has 0 saturated carbocycles. The van der Waals surface area contributed by atoms with Crippen molar-refractivity contribution in [3.63, 3.8) is 0 Å². The first-order valence-corrected chi connectivity index (χ1v) is 22.2. The molecule has 4 heterocycles. The van der Waals surface area contributed by atoms with E-state index >= 15 is 0 Å². The molecule has 0 saturated heterocycles. The summed E-state index contributed by atoms with van der Waals surface area (Å²) in [6.45, 7) is 9.68. The zero-order valence-electron chi connectivity index (χ0n) is 35.6.